The van der Waals surface area contributed by atoms with E-state index in [2.05, 4.69) is 41.3 Å². The van der Waals surface area contributed by atoms with Gasteiger partial charge in [-0.1, -0.05) is 22.6 Å². The maximum Gasteiger partial charge on any atom is 0.124 e. The van der Waals surface area contributed by atoms with Crippen LogP contribution in [0.25, 0.3) is 0 Å². The first kappa shape index (κ1) is 9.71. The van der Waals surface area contributed by atoms with Gasteiger partial charge < -0.3 is 0 Å². The highest BCUT2D eigenvalue weighted by Crippen LogP contribution is 2.22. The summed E-state index contributed by atoms with van der Waals surface area (Å²) in [6.45, 7) is 5.94. The molecule has 11 heavy (non-hydrogen) atoms. The fourth-order valence-corrected chi connectivity index (χ4v) is 1.87. The lowest BCUT2D eigenvalue weighted by Crippen LogP contribution is -2.45. The zero-order valence-electron chi connectivity index (χ0n) is 7.06. The Morgan fingerprint density at radius 2 is 2.18 bits per heavy atom. The lowest BCUT2D eigenvalue weighted by molar-refractivity contribution is 0.121. The molecule has 0 spiro atoms. The zero-order valence-corrected chi connectivity index (χ0v) is 9.21. The number of hydrogen-bond donors (Lipinski definition) is 0. The molecule has 1 saturated heterocycles. The second kappa shape index (κ2) is 4.03. The van der Waals surface area contributed by atoms with Gasteiger partial charge in [0, 0.05) is 16.5 Å². The molecule has 1 aliphatic heterocycles. The Hall–Kier alpha value is 0.620. The molecule has 0 aliphatic carbocycles. The van der Waals surface area contributed by atoms with Gasteiger partial charge in [0.05, 0.1) is 0 Å². The molecule has 1 heterocycles. The Morgan fingerprint density at radius 1 is 1.55 bits per heavy atom. The van der Waals surface area contributed by atoms with E-state index in [-0.39, 0.29) is 3.92 Å². The summed E-state index contributed by atoms with van der Waals surface area (Å²) in [6, 6.07) is 0.497. The van der Waals surface area contributed by atoms with Crippen molar-refractivity contribution in [3.8, 4) is 0 Å². The number of alkyl halides is 2. The van der Waals surface area contributed by atoms with Crippen LogP contribution in [0.4, 0.5) is 4.39 Å². The van der Waals surface area contributed by atoms with Gasteiger partial charge in [-0.3, -0.25) is 4.90 Å². The van der Waals surface area contributed by atoms with Gasteiger partial charge in [-0.15, -0.1) is 0 Å². The van der Waals surface area contributed by atoms with Crippen LogP contribution in [0.15, 0.2) is 0 Å². The molecule has 0 N–H and O–H groups in total. The van der Waals surface area contributed by atoms with Crippen molar-refractivity contribution < 1.29 is 4.39 Å². The van der Waals surface area contributed by atoms with Crippen LogP contribution in [0.5, 0.6) is 0 Å². The number of likely N-dealkylation sites (tertiary alicyclic amines) is 1. The molecule has 0 unspecified atom stereocenters. The first-order valence-corrected chi connectivity index (χ1v) is 5.38. The standard InChI is InChI=1S/C8H15FIN/c1-6(2)11-4-3-8(10)7(9)5-11/h6-8H,3-5H2,1-2H3/t7-,8-/m1/s1. The van der Waals surface area contributed by atoms with E-state index in [1.165, 1.54) is 0 Å². The van der Waals surface area contributed by atoms with Gasteiger partial charge in [-0.25, -0.2) is 4.39 Å². The van der Waals surface area contributed by atoms with E-state index in [4.69, 9.17) is 0 Å². The molecule has 0 saturated carbocycles. The lowest BCUT2D eigenvalue weighted by Gasteiger charge is -2.34. The Balaban J connectivity index is 2.40. The monoisotopic (exact) mass is 271 g/mol. The summed E-state index contributed by atoms with van der Waals surface area (Å²) in [5.74, 6) is 0. The number of hydrogen-bond acceptors (Lipinski definition) is 1. The normalized spacial score (nSPS) is 34.6. The number of halogens is 2. The van der Waals surface area contributed by atoms with E-state index < -0.39 is 6.17 Å². The van der Waals surface area contributed by atoms with Gasteiger partial charge in [0.15, 0.2) is 0 Å². The topological polar surface area (TPSA) is 3.24 Å². The number of rotatable bonds is 1. The summed E-state index contributed by atoms with van der Waals surface area (Å²) in [6.07, 6.45) is 0.381. The fourth-order valence-electron chi connectivity index (χ4n) is 1.37. The second-order valence-electron chi connectivity index (χ2n) is 3.41. The summed E-state index contributed by atoms with van der Waals surface area (Å²) in [4.78, 5) is 2.21. The van der Waals surface area contributed by atoms with Crippen LogP contribution < -0.4 is 0 Å². The van der Waals surface area contributed by atoms with E-state index in [1.807, 2.05) is 0 Å². The van der Waals surface area contributed by atoms with Gasteiger partial charge >= 0.3 is 0 Å². The number of nitrogens with zero attached hydrogens (tertiary/aromatic N) is 1. The molecule has 0 aromatic rings. The molecule has 1 nitrogen and oxygen atoms in total. The van der Waals surface area contributed by atoms with Crippen LogP contribution in [0.1, 0.15) is 20.3 Å². The van der Waals surface area contributed by atoms with Crippen molar-refractivity contribution in [3.63, 3.8) is 0 Å². The molecule has 2 atom stereocenters. The third-order valence-corrected chi connectivity index (χ3v) is 3.63. The molecule has 0 radical (unpaired) electrons. The lowest BCUT2D eigenvalue weighted by atomic mass is 10.1. The van der Waals surface area contributed by atoms with Crippen molar-refractivity contribution >= 4 is 22.6 Å². The highest BCUT2D eigenvalue weighted by molar-refractivity contribution is 14.1. The zero-order chi connectivity index (χ0) is 8.43. The predicted molar refractivity (Wildman–Crippen MR) is 54.0 cm³/mol. The molecule has 1 rings (SSSR count). The van der Waals surface area contributed by atoms with Crippen LogP contribution in [-0.2, 0) is 0 Å². The average molecular weight is 271 g/mol. The summed E-state index contributed by atoms with van der Waals surface area (Å²) in [5.41, 5.74) is 0. The largest absolute Gasteiger partial charge is 0.298 e. The second-order valence-corrected chi connectivity index (χ2v) is 5.01. The van der Waals surface area contributed by atoms with Crippen LogP contribution in [0.2, 0.25) is 0 Å². The van der Waals surface area contributed by atoms with Crippen LogP contribution >= 0.6 is 22.6 Å². The van der Waals surface area contributed by atoms with Gasteiger partial charge in [0.2, 0.25) is 0 Å². The van der Waals surface area contributed by atoms with E-state index in [9.17, 15) is 4.39 Å². The molecular weight excluding hydrogens is 256 g/mol. The van der Waals surface area contributed by atoms with Crippen LogP contribution in [0, 0.1) is 0 Å². The quantitative estimate of drug-likeness (QED) is 0.522. The minimum Gasteiger partial charge on any atom is -0.298 e. The van der Waals surface area contributed by atoms with E-state index in [1.54, 1.807) is 0 Å². The summed E-state index contributed by atoms with van der Waals surface area (Å²) < 4.78 is 13.4. The Morgan fingerprint density at radius 3 is 2.64 bits per heavy atom. The Bertz CT molecular complexity index is 129. The molecule has 0 aromatic heterocycles. The predicted octanol–water partition coefficient (Wildman–Crippen LogP) is 2.24. The van der Waals surface area contributed by atoms with Crippen molar-refractivity contribution in [1.82, 2.24) is 4.90 Å². The Kier molecular flexibility index (Phi) is 3.55. The van der Waals surface area contributed by atoms with Crippen molar-refractivity contribution in [3.05, 3.63) is 0 Å². The van der Waals surface area contributed by atoms with Crippen molar-refractivity contribution in [2.24, 2.45) is 0 Å². The molecule has 0 aromatic carbocycles. The molecule has 1 fully saturated rings. The van der Waals surface area contributed by atoms with E-state index in [0.29, 0.717) is 12.6 Å². The van der Waals surface area contributed by atoms with Gasteiger partial charge in [-0.05, 0) is 26.8 Å². The summed E-state index contributed by atoms with van der Waals surface area (Å²) in [7, 11) is 0. The van der Waals surface area contributed by atoms with Gasteiger partial charge in [0.1, 0.15) is 6.17 Å². The maximum absolute atomic E-state index is 13.1. The fraction of sp³-hybridized carbons (Fsp3) is 1.00. The molecule has 66 valence electrons. The van der Waals surface area contributed by atoms with Crippen molar-refractivity contribution in [2.45, 2.75) is 36.4 Å². The van der Waals surface area contributed by atoms with Gasteiger partial charge in [0.25, 0.3) is 0 Å². The van der Waals surface area contributed by atoms with Crippen molar-refractivity contribution in [2.75, 3.05) is 13.1 Å². The molecule has 0 bridgehead atoms. The van der Waals surface area contributed by atoms with Gasteiger partial charge in [-0.2, -0.15) is 0 Å². The minimum atomic E-state index is -0.619. The smallest absolute Gasteiger partial charge is 0.124 e. The number of piperidine rings is 1. The SMILES string of the molecule is CC(C)N1CC[C@@H](I)[C@H](F)C1. The van der Waals surface area contributed by atoms with Crippen molar-refractivity contribution in [1.29, 1.82) is 0 Å². The summed E-state index contributed by atoms with van der Waals surface area (Å²) in [5, 5.41) is 0. The highest BCUT2D eigenvalue weighted by Gasteiger charge is 2.27. The molecule has 0 amide bonds. The first-order chi connectivity index (χ1) is 5.11. The van der Waals surface area contributed by atoms with E-state index in [0.717, 1.165) is 13.0 Å². The van der Waals surface area contributed by atoms with Crippen LogP contribution in [-0.4, -0.2) is 34.1 Å². The summed E-state index contributed by atoms with van der Waals surface area (Å²) >= 11 is 2.21. The maximum atomic E-state index is 13.1. The third kappa shape index (κ3) is 2.54. The molecule has 1 aliphatic rings. The first-order valence-electron chi connectivity index (χ1n) is 4.13. The third-order valence-electron chi connectivity index (χ3n) is 2.22. The van der Waals surface area contributed by atoms with Crippen LogP contribution in [0.3, 0.4) is 0 Å². The highest BCUT2D eigenvalue weighted by atomic mass is 127. The Labute approximate surface area is 81.5 Å². The molecular formula is C8H15FIN. The molecule has 3 heteroatoms. The average Bonchev–Trinajstić information content (AvgIpc) is 1.94. The van der Waals surface area contributed by atoms with E-state index >= 15 is 0 Å². The minimum absolute atomic E-state index is 0.239.